The number of amides is 1. The lowest BCUT2D eigenvalue weighted by Crippen LogP contribution is -2.25. The minimum absolute atomic E-state index is 0.0669. The van der Waals surface area contributed by atoms with E-state index in [1.54, 1.807) is 26.6 Å². The van der Waals surface area contributed by atoms with Crippen molar-refractivity contribution in [2.45, 2.75) is 25.8 Å². The van der Waals surface area contributed by atoms with Crippen LogP contribution in [0.3, 0.4) is 0 Å². The summed E-state index contributed by atoms with van der Waals surface area (Å²) in [6, 6.07) is 13.5. The van der Waals surface area contributed by atoms with Crippen LogP contribution in [-0.4, -0.2) is 34.5 Å². The van der Waals surface area contributed by atoms with Gasteiger partial charge in [-0.2, -0.15) is 0 Å². The summed E-state index contributed by atoms with van der Waals surface area (Å²) in [5.41, 5.74) is 4.76. The molecule has 4 aromatic rings. The summed E-state index contributed by atoms with van der Waals surface area (Å²) in [4.78, 5) is 21.6. The van der Waals surface area contributed by atoms with Gasteiger partial charge in [0.25, 0.3) is 0 Å². The van der Waals surface area contributed by atoms with Crippen LogP contribution in [0.5, 0.6) is 11.5 Å². The number of rotatable bonds is 8. The molecule has 3 aromatic heterocycles. The maximum atomic E-state index is 13.0. The second-order valence-corrected chi connectivity index (χ2v) is 7.66. The Bertz CT molecular complexity index is 1200. The molecular formula is C25H26N4O3. The Labute approximate surface area is 187 Å². The van der Waals surface area contributed by atoms with Gasteiger partial charge in [0.2, 0.25) is 5.91 Å². The van der Waals surface area contributed by atoms with E-state index >= 15 is 0 Å². The molecule has 164 valence electrons. The van der Waals surface area contributed by atoms with Gasteiger partial charge in [-0.15, -0.1) is 0 Å². The molecule has 1 atom stereocenters. The molecule has 0 aliphatic rings. The third kappa shape index (κ3) is 4.72. The summed E-state index contributed by atoms with van der Waals surface area (Å²) in [6.07, 6.45) is 7.53. The number of methoxy groups -OCH3 is 2. The maximum absolute atomic E-state index is 13.0. The number of hydrogen-bond acceptors (Lipinski definition) is 5. The van der Waals surface area contributed by atoms with Crippen molar-refractivity contribution in [3.8, 4) is 11.5 Å². The van der Waals surface area contributed by atoms with Crippen molar-refractivity contribution in [3.05, 3.63) is 89.6 Å². The van der Waals surface area contributed by atoms with Gasteiger partial charge in [-0.05, 0) is 53.9 Å². The van der Waals surface area contributed by atoms with Crippen LogP contribution in [0.1, 0.15) is 34.7 Å². The van der Waals surface area contributed by atoms with Crippen molar-refractivity contribution in [1.82, 2.24) is 19.7 Å². The van der Waals surface area contributed by atoms with Gasteiger partial charge in [-0.3, -0.25) is 9.78 Å². The number of aromatic nitrogens is 3. The third-order valence-electron chi connectivity index (χ3n) is 5.43. The highest BCUT2D eigenvalue weighted by Crippen LogP contribution is 2.34. The number of aryl methyl sites for hydroxylation is 1. The van der Waals surface area contributed by atoms with E-state index in [9.17, 15) is 4.79 Å². The van der Waals surface area contributed by atoms with Gasteiger partial charge in [-0.1, -0.05) is 6.07 Å². The molecule has 1 amide bonds. The van der Waals surface area contributed by atoms with Crippen molar-refractivity contribution >= 4 is 11.6 Å². The van der Waals surface area contributed by atoms with E-state index in [-0.39, 0.29) is 18.2 Å². The summed E-state index contributed by atoms with van der Waals surface area (Å²) < 4.78 is 13.0. The zero-order valence-electron chi connectivity index (χ0n) is 18.4. The quantitative estimate of drug-likeness (QED) is 0.459. The highest BCUT2D eigenvalue weighted by atomic mass is 16.5. The lowest BCUT2D eigenvalue weighted by atomic mass is 9.91. The SMILES string of the molecule is COc1cc(OC)cc(C(CC(=O)NCc2cccnc2)c2cnc3cc(C)ccn23)c1. The Hall–Kier alpha value is -3.87. The average molecular weight is 431 g/mol. The van der Waals surface area contributed by atoms with Crippen molar-refractivity contribution < 1.29 is 14.3 Å². The fourth-order valence-corrected chi connectivity index (χ4v) is 3.74. The zero-order valence-corrected chi connectivity index (χ0v) is 18.4. The molecule has 7 heteroatoms. The molecule has 0 fully saturated rings. The standard InChI is InChI=1S/C25H26N4O3/c1-17-6-8-29-23(16-27-24(29)9-17)22(19-10-20(31-2)12-21(11-19)32-3)13-25(30)28-15-18-5-4-7-26-14-18/h4-12,14,16,22H,13,15H2,1-3H3,(H,28,30). The van der Waals surface area contributed by atoms with E-state index in [0.717, 1.165) is 28.0 Å². The number of carbonyl (C=O) groups is 1. The number of hydrogen-bond donors (Lipinski definition) is 1. The van der Waals surface area contributed by atoms with E-state index < -0.39 is 0 Å². The van der Waals surface area contributed by atoms with Crippen LogP contribution in [0.2, 0.25) is 0 Å². The van der Waals surface area contributed by atoms with E-state index in [1.165, 1.54) is 0 Å². The largest absolute Gasteiger partial charge is 0.497 e. The molecule has 32 heavy (non-hydrogen) atoms. The first-order valence-electron chi connectivity index (χ1n) is 10.4. The Kier molecular flexibility index (Phi) is 6.35. The Morgan fingerprint density at radius 1 is 1.09 bits per heavy atom. The van der Waals surface area contributed by atoms with Gasteiger partial charge in [0.15, 0.2) is 0 Å². The first-order valence-corrected chi connectivity index (χ1v) is 10.4. The van der Waals surface area contributed by atoms with Crippen molar-refractivity contribution in [2.24, 2.45) is 0 Å². The van der Waals surface area contributed by atoms with Gasteiger partial charge in [-0.25, -0.2) is 4.98 Å². The van der Waals surface area contributed by atoms with Gasteiger partial charge >= 0.3 is 0 Å². The van der Waals surface area contributed by atoms with E-state index in [1.807, 2.05) is 66.2 Å². The first kappa shape index (κ1) is 21.4. The summed E-state index contributed by atoms with van der Waals surface area (Å²) >= 11 is 0. The minimum atomic E-state index is -0.245. The molecule has 7 nitrogen and oxygen atoms in total. The lowest BCUT2D eigenvalue weighted by Gasteiger charge is -2.19. The fourth-order valence-electron chi connectivity index (χ4n) is 3.74. The molecular weight excluding hydrogens is 404 g/mol. The highest BCUT2D eigenvalue weighted by Gasteiger charge is 2.23. The predicted molar refractivity (Wildman–Crippen MR) is 122 cm³/mol. The van der Waals surface area contributed by atoms with Crippen LogP contribution in [0.4, 0.5) is 0 Å². The molecule has 1 aromatic carbocycles. The van der Waals surface area contributed by atoms with Crippen LogP contribution < -0.4 is 14.8 Å². The van der Waals surface area contributed by atoms with E-state index in [0.29, 0.717) is 18.0 Å². The third-order valence-corrected chi connectivity index (χ3v) is 5.43. The topological polar surface area (TPSA) is 77.8 Å². The second kappa shape index (κ2) is 9.51. The fraction of sp³-hybridized carbons (Fsp3) is 0.240. The number of benzene rings is 1. The van der Waals surface area contributed by atoms with Crippen LogP contribution in [0.15, 0.2) is 67.3 Å². The molecule has 0 saturated heterocycles. The molecule has 0 saturated carbocycles. The van der Waals surface area contributed by atoms with E-state index in [4.69, 9.17) is 9.47 Å². The summed E-state index contributed by atoms with van der Waals surface area (Å²) in [7, 11) is 3.23. The molecule has 0 spiro atoms. The average Bonchev–Trinajstić information content (AvgIpc) is 3.24. The number of nitrogens with zero attached hydrogens (tertiary/aromatic N) is 3. The predicted octanol–water partition coefficient (Wildman–Crippen LogP) is 3.89. The number of pyridine rings is 2. The van der Waals surface area contributed by atoms with Crippen LogP contribution in [0.25, 0.3) is 5.65 Å². The smallest absolute Gasteiger partial charge is 0.221 e. The van der Waals surface area contributed by atoms with E-state index in [2.05, 4.69) is 15.3 Å². The number of ether oxygens (including phenoxy) is 2. The number of imidazole rings is 1. The normalized spacial score (nSPS) is 11.8. The van der Waals surface area contributed by atoms with Crippen LogP contribution in [0, 0.1) is 6.92 Å². The van der Waals surface area contributed by atoms with Gasteiger partial charge < -0.3 is 19.2 Å². The van der Waals surface area contributed by atoms with Crippen LogP contribution >= 0.6 is 0 Å². The highest BCUT2D eigenvalue weighted by molar-refractivity contribution is 5.77. The van der Waals surface area contributed by atoms with Gasteiger partial charge in [0.05, 0.1) is 19.9 Å². The summed E-state index contributed by atoms with van der Waals surface area (Å²) in [6.45, 7) is 2.46. The summed E-state index contributed by atoms with van der Waals surface area (Å²) in [5.74, 6) is 1.03. The van der Waals surface area contributed by atoms with Gasteiger partial charge in [0, 0.05) is 49.7 Å². The van der Waals surface area contributed by atoms with Crippen molar-refractivity contribution in [1.29, 1.82) is 0 Å². The van der Waals surface area contributed by atoms with Gasteiger partial charge in [0.1, 0.15) is 17.1 Å². The molecule has 4 rings (SSSR count). The number of nitrogens with one attached hydrogen (secondary N) is 1. The molecule has 0 bridgehead atoms. The molecule has 3 heterocycles. The monoisotopic (exact) mass is 430 g/mol. The second-order valence-electron chi connectivity index (χ2n) is 7.66. The first-order chi connectivity index (χ1) is 15.6. The Morgan fingerprint density at radius 3 is 2.56 bits per heavy atom. The molecule has 0 aliphatic carbocycles. The maximum Gasteiger partial charge on any atom is 0.221 e. The van der Waals surface area contributed by atoms with Crippen LogP contribution in [-0.2, 0) is 11.3 Å². The Balaban J connectivity index is 1.69. The molecule has 1 N–H and O–H groups in total. The molecule has 0 aliphatic heterocycles. The lowest BCUT2D eigenvalue weighted by molar-refractivity contribution is -0.121. The van der Waals surface area contributed by atoms with Crippen molar-refractivity contribution in [3.63, 3.8) is 0 Å². The zero-order chi connectivity index (χ0) is 22.5. The minimum Gasteiger partial charge on any atom is -0.497 e. The molecule has 0 radical (unpaired) electrons. The Morgan fingerprint density at radius 2 is 1.88 bits per heavy atom. The summed E-state index contributed by atoms with van der Waals surface area (Å²) in [5, 5.41) is 3.00. The van der Waals surface area contributed by atoms with Crippen molar-refractivity contribution in [2.75, 3.05) is 14.2 Å². The number of carbonyl (C=O) groups excluding carboxylic acids is 1. The molecule has 1 unspecified atom stereocenters. The number of fused-ring (bicyclic) bond motifs is 1.